The van der Waals surface area contributed by atoms with Crippen molar-refractivity contribution in [1.82, 2.24) is 9.47 Å². The van der Waals surface area contributed by atoms with E-state index in [9.17, 15) is 13.6 Å². The van der Waals surface area contributed by atoms with Crippen LogP contribution in [0.25, 0.3) is 10.9 Å². The number of nitrogens with zero attached hydrogens (tertiary/aromatic N) is 2. The van der Waals surface area contributed by atoms with Gasteiger partial charge in [0.1, 0.15) is 0 Å². The van der Waals surface area contributed by atoms with Gasteiger partial charge in [-0.15, -0.1) is 0 Å². The molecule has 3 nitrogen and oxygen atoms in total. The molecule has 1 fully saturated rings. The van der Waals surface area contributed by atoms with Crippen molar-refractivity contribution in [3.05, 3.63) is 34.4 Å². The molecule has 0 bridgehead atoms. The monoisotopic (exact) mass is 370 g/mol. The smallest absolute Gasteiger partial charge is 0.267 e. The molecule has 2 heterocycles. The average Bonchev–Trinajstić information content (AvgIpc) is 2.98. The van der Waals surface area contributed by atoms with Crippen molar-refractivity contribution in [2.75, 3.05) is 13.1 Å². The van der Waals surface area contributed by atoms with E-state index in [-0.39, 0.29) is 24.9 Å². The van der Waals surface area contributed by atoms with E-state index in [2.05, 4.69) is 15.9 Å². The Morgan fingerprint density at radius 1 is 1.36 bits per heavy atom. The van der Waals surface area contributed by atoms with Gasteiger partial charge in [-0.3, -0.25) is 4.79 Å². The highest BCUT2D eigenvalue weighted by Gasteiger charge is 2.41. The summed E-state index contributed by atoms with van der Waals surface area (Å²) < 4.78 is 29.7. The van der Waals surface area contributed by atoms with Crippen molar-refractivity contribution in [2.24, 2.45) is 0 Å². The SMILES string of the molecule is CC(C)n1cc(C(=O)N2CCC(F)(F)C2)c2ccc(Br)cc21. The van der Waals surface area contributed by atoms with Crippen LogP contribution in [0.5, 0.6) is 0 Å². The van der Waals surface area contributed by atoms with E-state index in [0.717, 1.165) is 15.4 Å². The van der Waals surface area contributed by atoms with Gasteiger partial charge in [-0.2, -0.15) is 0 Å². The lowest BCUT2D eigenvalue weighted by atomic mass is 10.1. The van der Waals surface area contributed by atoms with E-state index < -0.39 is 12.5 Å². The van der Waals surface area contributed by atoms with Gasteiger partial charge in [0, 0.05) is 35.1 Å². The number of halogens is 3. The molecule has 0 saturated carbocycles. The number of aromatic nitrogens is 1. The van der Waals surface area contributed by atoms with Gasteiger partial charge in [0.05, 0.1) is 17.6 Å². The summed E-state index contributed by atoms with van der Waals surface area (Å²) in [6.45, 7) is 3.67. The van der Waals surface area contributed by atoms with Gasteiger partial charge in [0.15, 0.2) is 0 Å². The Balaban J connectivity index is 2.06. The van der Waals surface area contributed by atoms with Crippen LogP contribution in [0.3, 0.4) is 0 Å². The predicted octanol–water partition coefficient (Wildman–Crippen LogP) is 4.47. The number of carbonyl (C=O) groups excluding carboxylic acids is 1. The summed E-state index contributed by atoms with van der Waals surface area (Å²) in [5, 5.41) is 0.803. The number of alkyl halides is 2. The Morgan fingerprint density at radius 3 is 2.68 bits per heavy atom. The second-order valence-corrected chi connectivity index (χ2v) is 6.95. The van der Waals surface area contributed by atoms with Gasteiger partial charge < -0.3 is 9.47 Å². The van der Waals surface area contributed by atoms with Gasteiger partial charge in [-0.1, -0.05) is 22.0 Å². The first-order valence-electron chi connectivity index (χ1n) is 7.26. The highest BCUT2D eigenvalue weighted by atomic mass is 79.9. The Labute approximate surface area is 136 Å². The zero-order valence-corrected chi connectivity index (χ0v) is 14.0. The van der Waals surface area contributed by atoms with E-state index in [0.29, 0.717) is 5.56 Å². The molecule has 1 aliphatic heterocycles. The Morgan fingerprint density at radius 2 is 2.09 bits per heavy atom. The van der Waals surface area contributed by atoms with E-state index in [1.54, 1.807) is 6.20 Å². The summed E-state index contributed by atoms with van der Waals surface area (Å²) >= 11 is 3.44. The van der Waals surface area contributed by atoms with Gasteiger partial charge in [0.2, 0.25) is 0 Å². The Kier molecular flexibility index (Phi) is 3.75. The lowest BCUT2D eigenvalue weighted by Gasteiger charge is -2.15. The van der Waals surface area contributed by atoms with Crippen LogP contribution in [0.1, 0.15) is 36.7 Å². The summed E-state index contributed by atoms with van der Waals surface area (Å²) in [6, 6.07) is 5.85. The second-order valence-electron chi connectivity index (χ2n) is 6.04. The summed E-state index contributed by atoms with van der Waals surface area (Å²) in [6.07, 6.45) is 1.52. The molecule has 1 amide bonds. The molecule has 6 heteroatoms. The maximum Gasteiger partial charge on any atom is 0.267 e. The molecular weight excluding hydrogens is 354 g/mol. The number of fused-ring (bicyclic) bond motifs is 1. The minimum atomic E-state index is -2.77. The van der Waals surface area contributed by atoms with Crippen LogP contribution < -0.4 is 0 Å². The molecular formula is C16H17BrF2N2O. The number of rotatable bonds is 2. The van der Waals surface area contributed by atoms with Gasteiger partial charge >= 0.3 is 0 Å². The molecule has 22 heavy (non-hydrogen) atoms. The van der Waals surface area contributed by atoms with E-state index in [4.69, 9.17) is 0 Å². The number of benzene rings is 1. The molecule has 0 unspecified atom stereocenters. The maximum atomic E-state index is 13.4. The van der Waals surface area contributed by atoms with Crippen molar-refractivity contribution in [3.63, 3.8) is 0 Å². The summed E-state index contributed by atoms with van der Waals surface area (Å²) in [5.74, 6) is -3.08. The molecule has 118 valence electrons. The third-order valence-electron chi connectivity index (χ3n) is 4.04. The summed E-state index contributed by atoms with van der Waals surface area (Å²) in [7, 11) is 0. The normalized spacial score (nSPS) is 17.6. The largest absolute Gasteiger partial charge is 0.344 e. The molecule has 0 N–H and O–H groups in total. The highest BCUT2D eigenvalue weighted by molar-refractivity contribution is 9.10. The first-order chi connectivity index (χ1) is 10.3. The van der Waals surface area contributed by atoms with Crippen molar-refractivity contribution >= 4 is 32.7 Å². The van der Waals surface area contributed by atoms with E-state index in [1.165, 1.54) is 4.90 Å². The minimum absolute atomic E-state index is 0.108. The highest BCUT2D eigenvalue weighted by Crippen LogP contribution is 2.32. The van der Waals surface area contributed by atoms with Gasteiger partial charge in [-0.05, 0) is 26.0 Å². The molecule has 0 atom stereocenters. The predicted molar refractivity (Wildman–Crippen MR) is 85.5 cm³/mol. The second kappa shape index (κ2) is 5.33. The summed E-state index contributed by atoms with van der Waals surface area (Å²) in [4.78, 5) is 13.9. The van der Waals surface area contributed by atoms with Crippen LogP contribution in [0.2, 0.25) is 0 Å². The van der Waals surface area contributed by atoms with Crippen molar-refractivity contribution in [2.45, 2.75) is 32.2 Å². The maximum absolute atomic E-state index is 13.4. The fraction of sp³-hybridized carbons (Fsp3) is 0.438. The molecule has 2 aromatic rings. The fourth-order valence-electron chi connectivity index (χ4n) is 2.90. The van der Waals surface area contributed by atoms with E-state index >= 15 is 0 Å². The minimum Gasteiger partial charge on any atom is -0.344 e. The van der Waals surface area contributed by atoms with Crippen molar-refractivity contribution < 1.29 is 13.6 Å². The Hall–Kier alpha value is -1.43. The van der Waals surface area contributed by atoms with Crippen LogP contribution in [-0.2, 0) is 0 Å². The first-order valence-corrected chi connectivity index (χ1v) is 8.05. The molecule has 0 radical (unpaired) electrons. The quantitative estimate of drug-likeness (QED) is 0.765. The van der Waals surface area contributed by atoms with Crippen LogP contribution in [0.4, 0.5) is 8.78 Å². The molecule has 3 rings (SSSR count). The fourth-order valence-corrected chi connectivity index (χ4v) is 3.25. The zero-order chi connectivity index (χ0) is 16.1. The molecule has 0 aliphatic carbocycles. The van der Waals surface area contributed by atoms with Crippen LogP contribution in [0, 0.1) is 0 Å². The topological polar surface area (TPSA) is 25.2 Å². The molecule has 1 saturated heterocycles. The summed E-state index contributed by atoms with van der Waals surface area (Å²) in [5.41, 5.74) is 1.42. The number of hydrogen-bond acceptors (Lipinski definition) is 1. The number of carbonyl (C=O) groups is 1. The molecule has 1 aromatic heterocycles. The lowest BCUT2D eigenvalue weighted by molar-refractivity contribution is 0.0120. The van der Waals surface area contributed by atoms with Gasteiger partial charge in [0.25, 0.3) is 11.8 Å². The third-order valence-corrected chi connectivity index (χ3v) is 4.53. The number of likely N-dealkylation sites (tertiary alicyclic amines) is 1. The van der Waals surface area contributed by atoms with Crippen LogP contribution in [0.15, 0.2) is 28.9 Å². The molecule has 0 spiro atoms. The zero-order valence-electron chi connectivity index (χ0n) is 12.4. The first kappa shape index (κ1) is 15.5. The van der Waals surface area contributed by atoms with E-state index in [1.807, 2.05) is 36.6 Å². The third kappa shape index (κ3) is 2.64. The van der Waals surface area contributed by atoms with Crippen LogP contribution in [-0.4, -0.2) is 34.4 Å². The van der Waals surface area contributed by atoms with Crippen molar-refractivity contribution in [3.8, 4) is 0 Å². The Bertz CT molecular complexity index is 739. The number of amides is 1. The molecule has 1 aromatic carbocycles. The lowest BCUT2D eigenvalue weighted by Crippen LogP contribution is -2.31. The van der Waals surface area contributed by atoms with Crippen molar-refractivity contribution in [1.29, 1.82) is 0 Å². The standard InChI is InChI=1S/C16H17BrF2N2O/c1-10(2)21-8-13(12-4-3-11(17)7-14(12)21)15(22)20-6-5-16(18,19)9-20/h3-4,7-8,10H,5-6,9H2,1-2H3. The number of hydrogen-bond donors (Lipinski definition) is 0. The van der Waals surface area contributed by atoms with Gasteiger partial charge in [-0.25, -0.2) is 8.78 Å². The average molecular weight is 371 g/mol. The van der Waals surface area contributed by atoms with Crippen LogP contribution >= 0.6 is 15.9 Å². The molecule has 1 aliphatic rings.